The molecule has 0 aliphatic heterocycles. The fraction of sp³-hybridized carbons (Fsp3) is 0.200. The van der Waals surface area contributed by atoms with Crippen molar-refractivity contribution in [1.82, 2.24) is 14.3 Å². The molecule has 3 aromatic rings. The second-order valence-corrected chi connectivity index (χ2v) is 5.69. The van der Waals surface area contributed by atoms with Gasteiger partial charge in [-0.25, -0.2) is 9.97 Å². The van der Waals surface area contributed by atoms with Crippen molar-refractivity contribution in [3.8, 4) is 0 Å². The Bertz CT molecular complexity index is 841. The standard InChI is InChI=1S/C15H14N4OS/c1-8-6-14(21-19-8)18-15(20)11-4-5-12-13(7-11)17-10(3)9(2)16-12/h4-7H,1-3H3,(H,18,20). The van der Waals surface area contributed by atoms with E-state index in [1.165, 1.54) is 11.5 Å². The van der Waals surface area contributed by atoms with E-state index in [-0.39, 0.29) is 5.91 Å². The van der Waals surface area contributed by atoms with E-state index >= 15 is 0 Å². The molecule has 0 unspecified atom stereocenters. The van der Waals surface area contributed by atoms with Gasteiger partial charge in [0, 0.05) is 5.56 Å². The average Bonchev–Trinajstić information content (AvgIpc) is 2.85. The Morgan fingerprint density at radius 3 is 2.43 bits per heavy atom. The number of aryl methyl sites for hydroxylation is 3. The topological polar surface area (TPSA) is 67.8 Å². The van der Waals surface area contributed by atoms with Crippen LogP contribution >= 0.6 is 11.5 Å². The second-order valence-electron chi connectivity index (χ2n) is 4.88. The zero-order chi connectivity index (χ0) is 15.0. The van der Waals surface area contributed by atoms with Crippen LogP contribution in [-0.2, 0) is 0 Å². The summed E-state index contributed by atoms with van der Waals surface area (Å²) in [5.41, 5.74) is 4.75. The molecule has 0 atom stereocenters. The molecular formula is C15H14N4OS. The number of hydrogen-bond acceptors (Lipinski definition) is 5. The number of nitrogens with zero attached hydrogens (tertiary/aromatic N) is 3. The molecule has 5 nitrogen and oxygen atoms in total. The number of hydrogen-bond donors (Lipinski definition) is 1. The van der Waals surface area contributed by atoms with Gasteiger partial charge in [-0.15, -0.1) is 0 Å². The molecule has 0 fully saturated rings. The summed E-state index contributed by atoms with van der Waals surface area (Å²) in [6, 6.07) is 7.19. The third-order valence-electron chi connectivity index (χ3n) is 3.20. The van der Waals surface area contributed by atoms with E-state index in [1.807, 2.05) is 32.9 Å². The molecule has 0 aliphatic carbocycles. The lowest BCUT2D eigenvalue weighted by atomic mass is 10.1. The summed E-state index contributed by atoms with van der Waals surface area (Å²) in [7, 11) is 0. The Kier molecular flexibility index (Phi) is 3.39. The summed E-state index contributed by atoms with van der Waals surface area (Å²) < 4.78 is 4.14. The number of benzene rings is 1. The highest BCUT2D eigenvalue weighted by Crippen LogP contribution is 2.18. The first-order chi connectivity index (χ1) is 10.0. The third-order valence-corrected chi connectivity index (χ3v) is 4.00. The number of carbonyl (C=O) groups excluding carboxylic acids is 1. The highest BCUT2D eigenvalue weighted by molar-refractivity contribution is 7.10. The van der Waals surface area contributed by atoms with Crippen molar-refractivity contribution >= 4 is 33.5 Å². The van der Waals surface area contributed by atoms with E-state index in [0.717, 1.165) is 33.1 Å². The number of rotatable bonds is 2. The van der Waals surface area contributed by atoms with E-state index in [1.54, 1.807) is 12.1 Å². The molecule has 2 heterocycles. The molecule has 0 aliphatic rings. The van der Waals surface area contributed by atoms with Crippen LogP contribution in [0, 0.1) is 20.8 Å². The third kappa shape index (κ3) is 2.75. The molecule has 1 aromatic carbocycles. The van der Waals surface area contributed by atoms with Crippen molar-refractivity contribution in [2.75, 3.05) is 5.32 Å². The summed E-state index contributed by atoms with van der Waals surface area (Å²) in [5, 5.41) is 3.58. The van der Waals surface area contributed by atoms with Crippen LogP contribution in [0.3, 0.4) is 0 Å². The monoisotopic (exact) mass is 298 g/mol. The molecule has 0 saturated carbocycles. The highest BCUT2D eigenvalue weighted by atomic mass is 32.1. The van der Waals surface area contributed by atoms with Gasteiger partial charge in [0.25, 0.3) is 5.91 Å². The van der Waals surface area contributed by atoms with Gasteiger partial charge in [0.05, 0.1) is 28.1 Å². The predicted molar refractivity (Wildman–Crippen MR) is 83.8 cm³/mol. The van der Waals surface area contributed by atoms with Crippen LogP contribution in [0.5, 0.6) is 0 Å². The van der Waals surface area contributed by atoms with Crippen molar-refractivity contribution in [2.45, 2.75) is 20.8 Å². The van der Waals surface area contributed by atoms with Crippen molar-refractivity contribution < 1.29 is 4.79 Å². The van der Waals surface area contributed by atoms with E-state index < -0.39 is 0 Å². The molecule has 0 radical (unpaired) electrons. The van der Waals surface area contributed by atoms with Crippen LogP contribution in [0.4, 0.5) is 5.00 Å². The van der Waals surface area contributed by atoms with Gasteiger partial charge in [-0.2, -0.15) is 4.37 Å². The molecule has 106 valence electrons. The molecule has 1 amide bonds. The minimum atomic E-state index is -0.166. The van der Waals surface area contributed by atoms with Gasteiger partial charge in [-0.05, 0) is 56.6 Å². The van der Waals surface area contributed by atoms with Gasteiger partial charge < -0.3 is 5.32 Å². The molecule has 3 rings (SSSR count). The van der Waals surface area contributed by atoms with E-state index in [4.69, 9.17) is 0 Å². The Balaban J connectivity index is 1.93. The smallest absolute Gasteiger partial charge is 0.256 e. The number of aromatic nitrogens is 3. The van der Waals surface area contributed by atoms with E-state index in [2.05, 4.69) is 19.7 Å². The van der Waals surface area contributed by atoms with Crippen molar-refractivity contribution in [1.29, 1.82) is 0 Å². The van der Waals surface area contributed by atoms with Gasteiger partial charge in [0.2, 0.25) is 0 Å². The van der Waals surface area contributed by atoms with Crippen molar-refractivity contribution in [3.63, 3.8) is 0 Å². The molecular weight excluding hydrogens is 284 g/mol. The lowest BCUT2D eigenvalue weighted by Gasteiger charge is -2.05. The molecule has 1 N–H and O–H groups in total. The summed E-state index contributed by atoms with van der Waals surface area (Å²) in [6.45, 7) is 5.73. The number of anilines is 1. The molecule has 6 heteroatoms. The summed E-state index contributed by atoms with van der Waals surface area (Å²) >= 11 is 1.27. The molecule has 0 saturated heterocycles. The van der Waals surface area contributed by atoms with Gasteiger partial charge in [-0.3, -0.25) is 4.79 Å². The fourth-order valence-corrected chi connectivity index (χ4v) is 2.64. The van der Waals surface area contributed by atoms with Crippen LogP contribution in [-0.4, -0.2) is 20.2 Å². The quantitative estimate of drug-likeness (QED) is 0.788. The van der Waals surface area contributed by atoms with Crippen LogP contribution < -0.4 is 5.32 Å². The summed E-state index contributed by atoms with van der Waals surface area (Å²) in [5.74, 6) is -0.166. The summed E-state index contributed by atoms with van der Waals surface area (Å²) in [6.07, 6.45) is 0. The maximum atomic E-state index is 12.2. The van der Waals surface area contributed by atoms with Crippen LogP contribution in [0.25, 0.3) is 11.0 Å². The summed E-state index contributed by atoms with van der Waals surface area (Å²) in [4.78, 5) is 21.2. The second kappa shape index (κ2) is 5.21. The fourth-order valence-electron chi connectivity index (χ4n) is 1.98. The molecule has 0 spiro atoms. The van der Waals surface area contributed by atoms with Gasteiger partial charge >= 0.3 is 0 Å². The predicted octanol–water partition coefficient (Wildman–Crippen LogP) is 3.26. The largest absolute Gasteiger partial charge is 0.312 e. The Labute approximate surface area is 126 Å². The lowest BCUT2D eigenvalue weighted by molar-refractivity contribution is 0.102. The van der Waals surface area contributed by atoms with E-state index in [0.29, 0.717) is 5.56 Å². The van der Waals surface area contributed by atoms with Crippen LogP contribution in [0.1, 0.15) is 27.4 Å². The first kappa shape index (κ1) is 13.6. The Morgan fingerprint density at radius 1 is 1.05 bits per heavy atom. The number of fused-ring (bicyclic) bond motifs is 1. The normalized spacial score (nSPS) is 10.8. The molecule has 2 aromatic heterocycles. The van der Waals surface area contributed by atoms with Crippen LogP contribution in [0.2, 0.25) is 0 Å². The SMILES string of the molecule is Cc1cc(NC(=O)c2ccc3nc(C)c(C)nc3c2)sn1. The number of amides is 1. The minimum Gasteiger partial charge on any atom is -0.312 e. The zero-order valence-electron chi connectivity index (χ0n) is 12.0. The van der Waals surface area contributed by atoms with Crippen LogP contribution in [0.15, 0.2) is 24.3 Å². The Morgan fingerprint density at radius 2 is 1.76 bits per heavy atom. The maximum absolute atomic E-state index is 12.2. The molecule has 21 heavy (non-hydrogen) atoms. The number of nitrogens with one attached hydrogen (secondary N) is 1. The first-order valence-corrected chi connectivity index (χ1v) is 7.30. The average molecular weight is 298 g/mol. The van der Waals surface area contributed by atoms with Gasteiger partial charge in [-0.1, -0.05) is 0 Å². The van der Waals surface area contributed by atoms with Crippen molar-refractivity contribution in [2.24, 2.45) is 0 Å². The highest BCUT2D eigenvalue weighted by Gasteiger charge is 2.10. The maximum Gasteiger partial charge on any atom is 0.256 e. The minimum absolute atomic E-state index is 0.166. The Hall–Kier alpha value is -2.34. The first-order valence-electron chi connectivity index (χ1n) is 6.52. The van der Waals surface area contributed by atoms with E-state index in [9.17, 15) is 4.79 Å². The molecule has 0 bridgehead atoms. The van der Waals surface area contributed by atoms with Gasteiger partial charge in [0.1, 0.15) is 5.00 Å². The van der Waals surface area contributed by atoms with Crippen molar-refractivity contribution in [3.05, 3.63) is 46.9 Å². The lowest BCUT2D eigenvalue weighted by Crippen LogP contribution is -2.11. The zero-order valence-corrected chi connectivity index (χ0v) is 12.8. The number of carbonyl (C=O) groups is 1. The van der Waals surface area contributed by atoms with Gasteiger partial charge in [0.15, 0.2) is 0 Å².